The summed E-state index contributed by atoms with van der Waals surface area (Å²) < 4.78 is 0. The van der Waals surface area contributed by atoms with E-state index in [1.165, 1.54) is 6.08 Å². The molecular weight excluding hydrogens is 380 g/mol. The van der Waals surface area contributed by atoms with Gasteiger partial charge in [0.15, 0.2) is 0 Å². The molecule has 0 aliphatic carbocycles. The second-order valence-corrected chi connectivity index (χ2v) is 7.38. The maximum atomic E-state index is 12.2. The zero-order chi connectivity index (χ0) is 19.2. The van der Waals surface area contributed by atoms with Gasteiger partial charge in [0, 0.05) is 26.5 Å². The summed E-state index contributed by atoms with van der Waals surface area (Å²) in [6.07, 6.45) is 3.31. The van der Waals surface area contributed by atoms with E-state index in [1.807, 2.05) is 36.4 Å². The Morgan fingerprint density at radius 1 is 1.04 bits per heavy atom. The van der Waals surface area contributed by atoms with Crippen LogP contribution in [-0.4, -0.2) is 11.8 Å². The Bertz CT molecular complexity index is 993. The number of nitrogens with two attached hydrogens (primary N) is 1. The quantitative estimate of drug-likeness (QED) is 0.590. The van der Waals surface area contributed by atoms with Crippen LogP contribution in [0, 0.1) is 0 Å². The van der Waals surface area contributed by atoms with Crippen molar-refractivity contribution in [1.29, 1.82) is 0 Å². The standard InChI is InChI=1S/C21H17ClN2O2S/c22-16-7-5-14(6-8-16)19-11-9-17(27-19)10-12-21(26)24-18-4-2-1-3-15(18)13-20(23)25/h1-12H,13H2,(H2,23,25)(H,24,26)/b12-10+. The smallest absolute Gasteiger partial charge is 0.248 e. The first-order chi connectivity index (χ1) is 13.0. The lowest BCUT2D eigenvalue weighted by Crippen LogP contribution is -2.16. The summed E-state index contributed by atoms with van der Waals surface area (Å²) >= 11 is 7.50. The molecular formula is C21H17ClN2O2S. The normalized spacial score (nSPS) is 10.9. The van der Waals surface area contributed by atoms with Gasteiger partial charge in [-0.3, -0.25) is 9.59 Å². The number of rotatable bonds is 6. The summed E-state index contributed by atoms with van der Waals surface area (Å²) in [6, 6.07) is 18.7. The number of carbonyl (C=O) groups is 2. The molecule has 0 aliphatic rings. The number of anilines is 1. The van der Waals surface area contributed by atoms with Crippen LogP contribution >= 0.6 is 22.9 Å². The topological polar surface area (TPSA) is 72.2 Å². The minimum atomic E-state index is -0.444. The molecule has 2 amide bonds. The summed E-state index contributed by atoms with van der Waals surface area (Å²) in [4.78, 5) is 25.4. The van der Waals surface area contributed by atoms with Gasteiger partial charge in [0.05, 0.1) is 6.42 Å². The monoisotopic (exact) mass is 396 g/mol. The maximum absolute atomic E-state index is 12.2. The highest BCUT2D eigenvalue weighted by molar-refractivity contribution is 7.16. The number of primary amides is 1. The van der Waals surface area contributed by atoms with Crippen molar-refractivity contribution >= 4 is 46.5 Å². The van der Waals surface area contributed by atoms with E-state index in [0.717, 1.165) is 15.3 Å². The van der Waals surface area contributed by atoms with Crippen LogP contribution in [-0.2, 0) is 16.0 Å². The van der Waals surface area contributed by atoms with Gasteiger partial charge in [-0.1, -0.05) is 41.9 Å². The molecule has 4 nitrogen and oxygen atoms in total. The van der Waals surface area contributed by atoms with Crippen LogP contribution in [0.15, 0.2) is 66.7 Å². The fourth-order valence-electron chi connectivity index (χ4n) is 2.53. The molecule has 3 aromatic rings. The second kappa shape index (κ2) is 8.66. The largest absolute Gasteiger partial charge is 0.369 e. The number of carbonyl (C=O) groups excluding carboxylic acids is 2. The molecule has 0 radical (unpaired) electrons. The minimum absolute atomic E-state index is 0.0789. The zero-order valence-corrected chi connectivity index (χ0v) is 15.9. The Kier molecular flexibility index (Phi) is 6.06. The van der Waals surface area contributed by atoms with Crippen LogP contribution in [0.2, 0.25) is 5.02 Å². The molecule has 0 bridgehead atoms. The summed E-state index contributed by atoms with van der Waals surface area (Å²) in [5.74, 6) is -0.714. The first-order valence-electron chi connectivity index (χ1n) is 8.22. The lowest BCUT2D eigenvalue weighted by molar-refractivity contribution is -0.117. The molecule has 27 heavy (non-hydrogen) atoms. The van der Waals surface area contributed by atoms with E-state index < -0.39 is 5.91 Å². The summed E-state index contributed by atoms with van der Waals surface area (Å²) in [7, 11) is 0. The molecule has 6 heteroatoms. The van der Waals surface area contributed by atoms with Crippen LogP contribution in [0.25, 0.3) is 16.5 Å². The highest BCUT2D eigenvalue weighted by atomic mass is 35.5. The highest BCUT2D eigenvalue weighted by Gasteiger charge is 2.07. The zero-order valence-electron chi connectivity index (χ0n) is 14.3. The third kappa shape index (κ3) is 5.29. The molecule has 3 N–H and O–H groups in total. The highest BCUT2D eigenvalue weighted by Crippen LogP contribution is 2.29. The van der Waals surface area contributed by atoms with Gasteiger partial charge in [0.1, 0.15) is 0 Å². The predicted octanol–water partition coefficient (Wildman–Crippen LogP) is 4.75. The molecule has 0 saturated heterocycles. The van der Waals surface area contributed by atoms with Gasteiger partial charge in [-0.15, -0.1) is 11.3 Å². The fraction of sp³-hybridized carbons (Fsp3) is 0.0476. The van der Waals surface area contributed by atoms with Gasteiger partial charge in [-0.2, -0.15) is 0 Å². The molecule has 0 saturated carbocycles. The Labute approximate surface area is 166 Å². The number of thiophene rings is 1. The van der Waals surface area contributed by atoms with Gasteiger partial charge in [-0.25, -0.2) is 0 Å². The lowest BCUT2D eigenvalue weighted by atomic mass is 10.1. The molecule has 0 unspecified atom stereocenters. The molecule has 1 aromatic heterocycles. The van der Waals surface area contributed by atoms with Crippen molar-refractivity contribution in [2.24, 2.45) is 5.73 Å². The average Bonchev–Trinajstić information content (AvgIpc) is 3.11. The SMILES string of the molecule is NC(=O)Cc1ccccc1NC(=O)/C=C/c1ccc(-c2ccc(Cl)cc2)s1. The Balaban J connectivity index is 1.67. The number of halogens is 1. The van der Waals surface area contributed by atoms with E-state index in [1.54, 1.807) is 41.7 Å². The van der Waals surface area contributed by atoms with Crippen molar-refractivity contribution in [3.8, 4) is 10.4 Å². The lowest BCUT2D eigenvalue weighted by Gasteiger charge is -2.08. The van der Waals surface area contributed by atoms with E-state index in [4.69, 9.17) is 17.3 Å². The maximum Gasteiger partial charge on any atom is 0.248 e. The number of nitrogens with one attached hydrogen (secondary N) is 1. The van der Waals surface area contributed by atoms with Gasteiger partial charge >= 0.3 is 0 Å². The number of para-hydroxylation sites is 1. The van der Waals surface area contributed by atoms with E-state index >= 15 is 0 Å². The van der Waals surface area contributed by atoms with Gasteiger partial charge in [0.2, 0.25) is 11.8 Å². The molecule has 0 atom stereocenters. The van der Waals surface area contributed by atoms with E-state index in [9.17, 15) is 9.59 Å². The second-order valence-electron chi connectivity index (χ2n) is 5.83. The molecule has 1 heterocycles. The van der Waals surface area contributed by atoms with Gasteiger partial charge in [0.25, 0.3) is 0 Å². The van der Waals surface area contributed by atoms with Gasteiger partial charge in [-0.05, 0) is 47.5 Å². The van der Waals surface area contributed by atoms with Gasteiger partial charge < -0.3 is 11.1 Å². The van der Waals surface area contributed by atoms with Crippen molar-refractivity contribution in [2.45, 2.75) is 6.42 Å². The molecule has 0 aliphatic heterocycles. The Morgan fingerprint density at radius 2 is 1.78 bits per heavy atom. The number of hydrogen-bond donors (Lipinski definition) is 2. The number of benzene rings is 2. The van der Waals surface area contributed by atoms with E-state index in [2.05, 4.69) is 5.32 Å². The predicted molar refractivity (Wildman–Crippen MR) is 112 cm³/mol. The molecule has 0 fully saturated rings. The Hall–Kier alpha value is -2.89. The third-order valence-corrected chi connectivity index (χ3v) is 5.15. The number of amides is 2. The third-order valence-electron chi connectivity index (χ3n) is 3.79. The first kappa shape index (κ1) is 18.9. The van der Waals surface area contributed by atoms with Crippen LogP contribution in [0.4, 0.5) is 5.69 Å². The van der Waals surface area contributed by atoms with Crippen LogP contribution in [0.1, 0.15) is 10.4 Å². The summed E-state index contributed by atoms with van der Waals surface area (Å²) in [6.45, 7) is 0. The van der Waals surface area contributed by atoms with Crippen LogP contribution < -0.4 is 11.1 Å². The molecule has 3 rings (SSSR count). The fourth-order valence-corrected chi connectivity index (χ4v) is 3.57. The molecule has 0 spiro atoms. The average molecular weight is 397 g/mol. The van der Waals surface area contributed by atoms with Crippen LogP contribution in [0.5, 0.6) is 0 Å². The molecule has 136 valence electrons. The summed E-state index contributed by atoms with van der Waals surface area (Å²) in [5, 5.41) is 3.49. The van der Waals surface area contributed by atoms with Crippen molar-refractivity contribution in [1.82, 2.24) is 0 Å². The van der Waals surface area contributed by atoms with Crippen LogP contribution in [0.3, 0.4) is 0 Å². The van der Waals surface area contributed by atoms with Crippen molar-refractivity contribution in [3.63, 3.8) is 0 Å². The number of hydrogen-bond acceptors (Lipinski definition) is 3. The minimum Gasteiger partial charge on any atom is -0.369 e. The van der Waals surface area contributed by atoms with E-state index in [-0.39, 0.29) is 12.3 Å². The first-order valence-corrected chi connectivity index (χ1v) is 9.42. The van der Waals surface area contributed by atoms with E-state index in [0.29, 0.717) is 16.3 Å². The van der Waals surface area contributed by atoms with Crippen molar-refractivity contribution in [2.75, 3.05) is 5.32 Å². The van der Waals surface area contributed by atoms with Crippen molar-refractivity contribution in [3.05, 3.63) is 82.2 Å². The molecule has 2 aromatic carbocycles. The summed E-state index contributed by atoms with van der Waals surface area (Å²) in [5.41, 5.74) is 7.59. The Morgan fingerprint density at radius 3 is 2.52 bits per heavy atom. The van der Waals surface area contributed by atoms with Crippen molar-refractivity contribution < 1.29 is 9.59 Å².